The molecule has 1 aliphatic rings. The SMILES string of the molecule is CC(OC(=O)CC1Oc2ccccc2NC1=O)C(=O)Nc1ccc(Cl)cc1. The number of amides is 2. The number of para-hydroxylation sites is 2. The average molecular weight is 389 g/mol. The summed E-state index contributed by atoms with van der Waals surface area (Å²) in [5.74, 6) is -1.18. The highest BCUT2D eigenvalue weighted by molar-refractivity contribution is 6.30. The number of halogens is 1. The van der Waals surface area contributed by atoms with Gasteiger partial charge in [-0.2, -0.15) is 0 Å². The van der Waals surface area contributed by atoms with Gasteiger partial charge in [-0.3, -0.25) is 14.4 Å². The van der Waals surface area contributed by atoms with Crippen LogP contribution in [0, 0.1) is 0 Å². The number of hydrogen-bond donors (Lipinski definition) is 2. The molecule has 3 rings (SSSR count). The lowest BCUT2D eigenvalue weighted by molar-refractivity contribution is -0.155. The number of hydrogen-bond acceptors (Lipinski definition) is 5. The van der Waals surface area contributed by atoms with Crippen molar-refractivity contribution in [2.24, 2.45) is 0 Å². The molecule has 1 aliphatic heterocycles. The molecule has 0 fully saturated rings. The molecule has 0 bridgehead atoms. The van der Waals surface area contributed by atoms with E-state index in [4.69, 9.17) is 21.1 Å². The Morgan fingerprint density at radius 2 is 1.93 bits per heavy atom. The second-order valence-corrected chi connectivity index (χ2v) is 6.36. The normalized spacial score (nSPS) is 16.4. The number of rotatable bonds is 5. The maximum absolute atomic E-state index is 12.1. The number of ether oxygens (including phenoxy) is 2. The van der Waals surface area contributed by atoms with Crippen LogP contribution in [-0.4, -0.2) is 30.0 Å². The van der Waals surface area contributed by atoms with E-state index in [0.29, 0.717) is 22.1 Å². The Bertz CT molecular complexity index is 869. The molecule has 0 saturated carbocycles. The van der Waals surface area contributed by atoms with E-state index in [2.05, 4.69) is 10.6 Å². The molecular weight excluding hydrogens is 372 g/mol. The predicted molar refractivity (Wildman–Crippen MR) is 99.7 cm³/mol. The molecule has 2 amide bonds. The second-order valence-electron chi connectivity index (χ2n) is 5.92. The number of carbonyl (C=O) groups excluding carboxylic acids is 3. The molecule has 0 saturated heterocycles. The fourth-order valence-corrected chi connectivity index (χ4v) is 2.58. The van der Waals surface area contributed by atoms with Crippen LogP contribution in [-0.2, 0) is 19.1 Å². The molecule has 0 spiro atoms. The van der Waals surface area contributed by atoms with Crippen LogP contribution >= 0.6 is 11.6 Å². The lowest BCUT2D eigenvalue weighted by atomic mass is 10.1. The summed E-state index contributed by atoms with van der Waals surface area (Å²) in [5, 5.41) is 5.82. The topological polar surface area (TPSA) is 93.7 Å². The Labute approximate surface area is 160 Å². The van der Waals surface area contributed by atoms with Crippen molar-refractivity contribution < 1.29 is 23.9 Å². The van der Waals surface area contributed by atoms with Crippen molar-refractivity contribution in [3.63, 3.8) is 0 Å². The zero-order valence-electron chi connectivity index (χ0n) is 14.4. The van der Waals surface area contributed by atoms with Gasteiger partial charge < -0.3 is 20.1 Å². The van der Waals surface area contributed by atoms with Gasteiger partial charge in [-0.15, -0.1) is 0 Å². The summed E-state index contributed by atoms with van der Waals surface area (Å²) in [5.41, 5.74) is 1.07. The maximum atomic E-state index is 12.1. The van der Waals surface area contributed by atoms with E-state index >= 15 is 0 Å². The number of carbonyl (C=O) groups is 3. The average Bonchev–Trinajstić information content (AvgIpc) is 2.64. The number of anilines is 2. The summed E-state index contributed by atoms with van der Waals surface area (Å²) >= 11 is 5.79. The molecule has 27 heavy (non-hydrogen) atoms. The first-order valence-electron chi connectivity index (χ1n) is 8.25. The van der Waals surface area contributed by atoms with Crippen molar-refractivity contribution in [2.75, 3.05) is 10.6 Å². The highest BCUT2D eigenvalue weighted by Crippen LogP contribution is 2.29. The molecule has 0 radical (unpaired) electrons. The number of nitrogens with one attached hydrogen (secondary N) is 2. The van der Waals surface area contributed by atoms with Gasteiger partial charge >= 0.3 is 5.97 Å². The molecule has 140 valence electrons. The van der Waals surface area contributed by atoms with E-state index in [1.54, 1.807) is 48.5 Å². The van der Waals surface area contributed by atoms with Crippen LogP contribution in [0.1, 0.15) is 13.3 Å². The fraction of sp³-hybridized carbons (Fsp3) is 0.211. The van der Waals surface area contributed by atoms with Gasteiger partial charge in [0.2, 0.25) is 0 Å². The van der Waals surface area contributed by atoms with Crippen LogP contribution in [0.4, 0.5) is 11.4 Å². The predicted octanol–water partition coefficient (Wildman–Crippen LogP) is 3.00. The van der Waals surface area contributed by atoms with Gasteiger partial charge in [0.1, 0.15) is 5.75 Å². The molecule has 2 aromatic rings. The highest BCUT2D eigenvalue weighted by atomic mass is 35.5. The van der Waals surface area contributed by atoms with Crippen molar-refractivity contribution in [1.29, 1.82) is 0 Å². The number of fused-ring (bicyclic) bond motifs is 1. The Balaban J connectivity index is 1.53. The standard InChI is InChI=1S/C19H17ClN2O5/c1-11(18(24)21-13-8-6-12(20)7-9-13)26-17(23)10-16-19(25)22-14-4-2-3-5-15(14)27-16/h2-9,11,16H,10H2,1H3,(H,21,24)(H,22,25). The van der Waals surface area contributed by atoms with Gasteiger partial charge in [-0.1, -0.05) is 23.7 Å². The number of esters is 1. The van der Waals surface area contributed by atoms with Crippen LogP contribution in [0.15, 0.2) is 48.5 Å². The summed E-state index contributed by atoms with van der Waals surface area (Å²) in [7, 11) is 0. The maximum Gasteiger partial charge on any atom is 0.310 e. The van der Waals surface area contributed by atoms with Crippen molar-refractivity contribution in [3.8, 4) is 5.75 Å². The third-order valence-corrected chi connectivity index (χ3v) is 4.10. The second kappa shape index (κ2) is 8.09. The first-order chi connectivity index (χ1) is 12.9. The molecule has 2 N–H and O–H groups in total. The van der Waals surface area contributed by atoms with E-state index in [9.17, 15) is 14.4 Å². The van der Waals surface area contributed by atoms with Crippen LogP contribution in [0.25, 0.3) is 0 Å². The first-order valence-corrected chi connectivity index (χ1v) is 8.62. The highest BCUT2D eigenvalue weighted by Gasteiger charge is 2.31. The first kappa shape index (κ1) is 18.7. The fourth-order valence-electron chi connectivity index (χ4n) is 2.45. The third-order valence-electron chi connectivity index (χ3n) is 3.85. The van der Waals surface area contributed by atoms with E-state index in [1.165, 1.54) is 6.92 Å². The van der Waals surface area contributed by atoms with Gasteiger partial charge in [0.05, 0.1) is 12.1 Å². The number of benzene rings is 2. The molecule has 2 atom stereocenters. The Hall–Kier alpha value is -3.06. The summed E-state index contributed by atoms with van der Waals surface area (Å²) in [6.07, 6.45) is -2.36. The molecule has 7 nitrogen and oxygen atoms in total. The van der Waals surface area contributed by atoms with Gasteiger partial charge in [-0.25, -0.2) is 0 Å². The summed E-state index contributed by atoms with van der Waals surface area (Å²) in [6.45, 7) is 1.44. The largest absolute Gasteiger partial charge is 0.478 e. The zero-order valence-corrected chi connectivity index (χ0v) is 15.2. The van der Waals surface area contributed by atoms with Gasteiger partial charge in [-0.05, 0) is 43.3 Å². The Morgan fingerprint density at radius 3 is 2.67 bits per heavy atom. The zero-order chi connectivity index (χ0) is 19.4. The summed E-state index contributed by atoms with van der Waals surface area (Å²) < 4.78 is 10.6. The third kappa shape index (κ3) is 4.77. The van der Waals surface area contributed by atoms with E-state index in [-0.39, 0.29) is 6.42 Å². The monoisotopic (exact) mass is 388 g/mol. The van der Waals surface area contributed by atoms with Gasteiger partial charge in [0.25, 0.3) is 11.8 Å². The molecule has 1 heterocycles. The molecule has 2 unspecified atom stereocenters. The van der Waals surface area contributed by atoms with E-state index in [1.807, 2.05) is 0 Å². The van der Waals surface area contributed by atoms with Crippen molar-refractivity contribution in [3.05, 3.63) is 53.6 Å². The van der Waals surface area contributed by atoms with Gasteiger partial charge in [0, 0.05) is 10.7 Å². The summed E-state index contributed by atoms with van der Waals surface area (Å²) in [6, 6.07) is 13.4. The Kier molecular flexibility index (Phi) is 5.61. The summed E-state index contributed by atoms with van der Waals surface area (Å²) in [4.78, 5) is 36.3. The minimum Gasteiger partial charge on any atom is -0.478 e. The van der Waals surface area contributed by atoms with E-state index < -0.39 is 30.0 Å². The van der Waals surface area contributed by atoms with Gasteiger partial charge in [0.15, 0.2) is 12.2 Å². The van der Waals surface area contributed by atoms with Crippen LogP contribution in [0.2, 0.25) is 5.02 Å². The minimum absolute atomic E-state index is 0.307. The van der Waals surface area contributed by atoms with Crippen LogP contribution in [0.3, 0.4) is 0 Å². The molecular formula is C19H17ClN2O5. The molecule has 2 aromatic carbocycles. The molecule has 8 heteroatoms. The quantitative estimate of drug-likeness (QED) is 0.768. The smallest absolute Gasteiger partial charge is 0.310 e. The van der Waals surface area contributed by atoms with Crippen molar-refractivity contribution >= 4 is 40.8 Å². The Morgan fingerprint density at radius 1 is 1.22 bits per heavy atom. The van der Waals surface area contributed by atoms with Crippen LogP contribution < -0.4 is 15.4 Å². The van der Waals surface area contributed by atoms with E-state index in [0.717, 1.165) is 0 Å². The van der Waals surface area contributed by atoms with Crippen molar-refractivity contribution in [2.45, 2.75) is 25.6 Å². The van der Waals surface area contributed by atoms with Crippen molar-refractivity contribution in [1.82, 2.24) is 0 Å². The minimum atomic E-state index is -1.04. The van der Waals surface area contributed by atoms with Crippen LogP contribution in [0.5, 0.6) is 5.75 Å². The lowest BCUT2D eigenvalue weighted by Crippen LogP contribution is -2.40. The molecule has 0 aliphatic carbocycles. The lowest BCUT2D eigenvalue weighted by Gasteiger charge is -2.25. The molecule has 0 aromatic heterocycles.